The Bertz CT molecular complexity index is 1180. The van der Waals surface area contributed by atoms with Crippen LogP contribution < -0.4 is 39.7 Å². The van der Waals surface area contributed by atoms with Crippen LogP contribution >= 0.6 is 0 Å². The third kappa shape index (κ3) is 11.1. The van der Waals surface area contributed by atoms with Gasteiger partial charge in [-0.25, -0.2) is 9.59 Å². The van der Waals surface area contributed by atoms with E-state index in [9.17, 15) is 24.1 Å². The van der Waals surface area contributed by atoms with Crippen LogP contribution in [0.4, 0.5) is 23.0 Å². The second-order valence-electron chi connectivity index (χ2n) is 3.77. The van der Waals surface area contributed by atoms with E-state index in [2.05, 4.69) is 10.2 Å². The summed E-state index contributed by atoms with van der Waals surface area (Å²) in [6, 6.07) is 0. The van der Waals surface area contributed by atoms with Gasteiger partial charge in [0.2, 0.25) is 15.9 Å². The number of aromatic amines is 4. The summed E-state index contributed by atoms with van der Waals surface area (Å²) in [5.41, 5.74) is 11.6. The summed E-state index contributed by atoms with van der Waals surface area (Å²) in [7, 11) is -2.92. The third-order valence-electron chi connectivity index (χ3n) is 2.10. The molecule has 0 radical (unpaired) electrons. The molecule has 2 heterocycles. The van der Waals surface area contributed by atoms with Crippen LogP contribution in [0.1, 0.15) is 0 Å². The molecular formula is C8H10N8Na2O8S2. The number of nitrogen functional groups attached to an aromatic ring is 3. The summed E-state index contributed by atoms with van der Waals surface area (Å²) in [5.74, 6) is -0.428. The number of anilines is 3. The van der Waals surface area contributed by atoms with Crippen molar-refractivity contribution >= 4 is 86.1 Å². The molecule has 0 amide bonds. The summed E-state index contributed by atoms with van der Waals surface area (Å²) in [5, 5.41) is 2.32. The van der Waals surface area contributed by atoms with Gasteiger partial charge in [0.1, 0.15) is 17.3 Å². The van der Waals surface area contributed by atoms with Crippen molar-refractivity contribution in [3.63, 3.8) is 0 Å². The fourth-order valence-corrected chi connectivity index (χ4v) is 1.10. The molecule has 0 saturated carbocycles. The first kappa shape index (κ1) is 28.4. The van der Waals surface area contributed by atoms with Crippen molar-refractivity contribution in [1.29, 1.82) is 0 Å². The van der Waals surface area contributed by atoms with Gasteiger partial charge in [-0.3, -0.25) is 29.5 Å². The molecule has 20 heteroatoms. The Labute approximate surface area is 186 Å². The fraction of sp³-hybridized carbons (Fsp3) is 0. The van der Waals surface area contributed by atoms with Gasteiger partial charge in [0.25, 0.3) is 11.1 Å². The van der Waals surface area contributed by atoms with E-state index in [1.54, 1.807) is 4.98 Å². The maximum atomic E-state index is 10.6. The predicted octanol–water partition coefficient (Wildman–Crippen LogP) is -4.50. The Hall–Kier alpha value is -1.80. The van der Waals surface area contributed by atoms with Gasteiger partial charge in [-0.2, -0.15) is 12.6 Å². The second-order valence-corrected chi connectivity index (χ2v) is 5.54. The minimum absolute atomic E-state index is 0.103. The second kappa shape index (κ2) is 15.2. The van der Waals surface area contributed by atoms with E-state index in [1.807, 2.05) is 9.97 Å². The number of H-pyrrole nitrogens is 4. The van der Waals surface area contributed by atoms with Gasteiger partial charge in [0.05, 0.1) is 0 Å². The topological polar surface area (TPSA) is 290 Å². The molecule has 2 aromatic rings. The normalized spacial score (nSPS) is 8.57. The first-order chi connectivity index (χ1) is 13.0. The Morgan fingerprint density at radius 2 is 1.21 bits per heavy atom. The monoisotopic (exact) mass is 462 g/mol. The summed E-state index contributed by atoms with van der Waals surface area (Å²) < 4.78 is 27.0. The SMILES string of the molecule is Nc1[15nH][13c](=O)[15nH]c(=O)c1N.Nc1[15nH][13c](=O)[15nH]c(=O)c1N=O.O=S=S(=O)=O.[Na][Na]. The molecule has 0 fully saturated rings. The molecule has 2 rings (SSSR count). The molecule has 0 aliphatic heterocycles. The average Bonchev–Trinajstić information content (AvgIpc) is 2.62. The third-order valence-corrected chi connectivity index (χ3v) is 2.55. The zero-order chi connectivity index (χ0) is 22.4. The molecule has 0 unspecified atom stereocenters. The minimum atomic E-state index is -2.46. The molecule has 0 bridgehead atoms. The first-order valence-electron chi connectivity index (χ1n) is 6.76. The zero-order valence-electron chi connectivity index (χ0n) is 14.3. The quantitative estimate of drug-likeness (QED) is 0.156. The molecule has 28 heavy (non-hydrogen) atoms. The zero-order valence-corrected chi connectivity index (χ0v) is 19.9. The molecule has 0 aromatic carbocycles. The number of nitrogens with zero attached hydrogens (tertiary/aromatic N) is 1. The van der Waals surface area contributed by atoms with Crippen molar-refractivity contribution in [2.75, 3.05) is 17.2 Å². The molecule has 144 valence electrons. The predicted molar refractivity (Wildman–Crippen MR) is 103 cm³/mol. The van der Waals surface area contributed by atoms with Gasteiger partial charge in [-0.1, -0.05) is 0 Å². The number of nitrogens with one attached hydrogen (secondary N) is 4. The van der Waals surface area contributed by atoms with Crippen molar-refractivity contribution in [2.45, 2.75) is 0 Å². The molecule has 0 saturated heterocycles. The summed E-state index contributed by atoms with van der Waals surface area (Å²) in [4.78, 5) is 59.8. The van der Waals surface area contributed by atoms with Gasteiger partial charge < -0.3 is 17.2 Å². The molecular weight excluding hydrogens is 452 g/mol. The molecule has 0 atom stereocenters. The van der Waals surface area contributed by atoms with Gasteiger partial charge in [0.15, 0.2) is 0 Å². The fourth-order valence-electron chi connectivity index (χ4n) is 1.10. The van der Waals surface area contributed by atoms with E-state index < -0.39 is 47.7 Å². The number of rotatable bonds is 1. The van der Waals surface area contributed by atoms with E-state index in [1.165, 1.54) is 43.6 Å². The number of aromatic nitrogens is 4. The molecule has 0 spiro atoms. The number of hydrogen-bond acceptors (Lipinski definition) is 12. The van der Waals surface area contributed by atoms with Crippen molar-refractivity contribution < 1.29 is 12.6 Å². The average molecular weight is 462 g/mol. The Morgan fingerprint density at radius 3 is 1.54 bits per heavy atom. The number of nitroso groups, excluding NO2 is 1. The summed E-state index contributed by atoms with van der Waals surface area (Å²) >= 11 is 2.89. The van der Waals surface area contributed by atoms with Crippen molar-refractivity contribution in [1.82, 2.24) is 19.9 Å². The van der Waals surface area contributed by atoms with E-state index in [0.29, 0.717) is 0 Å². The van der Waals surface area contributed by atoms with Gasteiger partial charge in [-0.05, 0) is 5.18 Å². The van der Waals surface area contributed by atoms with E-state index >= 15 is 0 Å². The number of nitrogens with two attached hydrogens (primary N) is 3. The summed E-state index contributed by atoms with van der Waals surface area (Å²) in [6.07, 6.45) is 0. The van der Waals surface area contributed by atoms with Crippen LogP contribution in [0.25, 0.3) is 0 Å². The van der Waals surface area contributed by atoms with Crippen LogP contribution in [0.5, 0.6) is 0 Å². The molecule has 16 nitrogen and oxygen atoms in total. The Kier molecular flexibility index (Phi) is 15.4. The van der Waals surface area contributed by atoms with Crippen molar-refractivity contribution in [3.8, 4) is 0 Å². The van der Waals surface area contributed by atoms with Crippen LogP contribution in [0, 0.1) is 4.91 Å². The van der Waals surface area contributed by atoms with Crippen molar-refractivity contribution in [2.24, 2.45) is 5.18 Å². The molecule has 0 aliphatic carbocycles. The van der Waals surface area contributed by atoms with E-state index in [4.69, 9.17) is 29.8 Å². The van der Waals surface area contributed by atoms with E-state index in [0.717, 1.165) is 0 Å². The van der Waals surface area contributed by atoms with Crippen LogP contribution in [-0.2, 0) is 19.5 Å². The summed E-state index contributed by atoms with van der Waals surface area (Å²) in [6.45, 7) is 0. The Morgan fingerprint density at radius 1 is 0.821 bits per heavy atom. The molecule has 2 aromatic heterocycles. The van der Waals surface area contributed by atoms with Crippen molar-refractivity contribution in [3.05, 3.63) is 46.6 Å². The van der Waals surface area contributed by atoms with Gasteiger partial charge in [0, 0.05) is 0 Å². The van der Waals surface area contributed by atoms with Gasteiger partial charge in [-0.15, -0.1) is 4.91 Å². The van der Waals surface area contributed by atoms with Crippen LogP contribution in [0.3, 0.4) is 0 Å². The molecule has 0 aliphatic rings. The van der Waals surface area contributed by atoms with Crippen LogP contribution in [0.15, 0.2) is 24.4 Å². The standard InChI is InChI=1S/C4H4N4O3.C4H6N4O2.2Na.O3S2/c5-2-1(8-11)3(9)7-4(10)6-2;5-1-2(6)7-4(10)8-3(1)9;;;1-4-5(2)3/h(H4,5,6,7,9,10);5H2,(H4,6,7,8,9,10);;;/i4+1,6+1,7+1;4+1,7+1,8+1;;;. The van der Waals surface area contributed by atoms with E-state index in [-0.39, 0.29) is 17.3 Å². The van der Waals surface area contributed by atoms with Crippen LogP contribution in [-0.4, -0.2) is 76.2 Å². The van der Waals surface area contributed by atoms with Gasteiger partial charge >= 0.3 is 64.3 Å². The van der Waals surface area contributed by atoms with Crippen LogP contribution in [0.2, 0.25) is 0 Å². The maximum absolute atomic E-state index is 10.6. The first-order valence-corrected chi connectivity index (χ1v) is 17.1. The Balaban J connectivity index is 0. The number of hydrogen-bond donors (Lipinski definition) is 7. The molecule has 10 N–H and O–H groups in total.